The molecule has 1 heterocycles. The summed E-state index contributed by atoms with van der Waals surface area (Å²) >= 11 is 0. The Bertz CT molecular complexity index is 1050. The molecule has 0 bridgehead atoms. The van der Waals surface area contributed by atoms with Gasteiger partial charge in [0.15, 0.2) is 0 Å². The Morgan fingerprint density at radius 2 is 2.00 bits per heavy atom. The van der Waals surface area contributed by atoms with Gasteiger partial charge in [-0.15, -0.1) is 0 Å². The van der Waals surface area contributed by atoms with E-state index in [1.165, 1.54) is 18.2 Å². The highest BCUT2D eigenvalue weighted by atomic mass is 16.6. The topological polar surface area (TPSA) is 111 Å². The van der Waals surface area contributed by atoms with E-state index in [-0.39, 0.29) is 29.2 Å². The first-order valence-electron chi connectivity index (χ1n) is 9.60. The smallest absolute Gasteiger partial charge is 0.270 e. The van der Waals surface area contributed by atoms with Gasteiger partial charge in [0.05, 0.1) is 4.92 Å². The Kier molecular flexibility index (Phi) is 6.69. The molecule has 2 aromatic carbocycles. The van der Waals surface area contributed by atoms with Crippen LogP contribution in [0.3, 0.4) is 0 Å². The summed E-state index contributed by atoms with van der Waals surface area (Å²) in [4.78, 5) is 27.4. The number of benzene rings is 2. The number of nitro groups is 1. The highest BCUT2D eigenvalue weighted by Gasteiger charge is 2.26. The number of rotatable bonds is 8. The third-order valence-corrected chi connectivity index (χ3v) is 4.76. The summed E-state index contributed by atoms with van der Waals surface area (Å²) < 4.78 is 5.40. The molecule has 0 spiro atoms. The fourth-order valence-corrected chi connectivity index (χ4v) is 2.86. The molecule has 0 saturated heterocycles. The van der Waals surface area contributed by atoms with Crippen LogP contribution in [0.5, 0.6) is 0 Å². The van der Waals surface area contributed by atoms with E-state index in [2.05, 4.69) is 15.5 Å². The van der Waals surface area contributed by atoms with Crippen molar-refractivity contribution in [2.24, 2.45) is 5.92 Å². The van der Waals surface area contributed by atoms with E-state index >= 15 is 0 Å². The molecule has 0 radical (unpaired) electrons. The molecule has 0 aliphatic rings. The standard InChI is InChI=1S/C22H22N4O4/c1-3-15(2)20(23-19(27)13-12-16-8-5-4-6-9-16)22-24-21(25-30-22)17-10-7-11-18(14-17)26(28)29/h4-15,20H,3H2,1-2H3,(H,23,27). The maximum absolute atomic E-state index is 12.5. The zero-order valence-corrected chi connectivity index (χ0v) is 16.7. The van der Waals surface area contributed by atoms with E-state index in [9.17, 15) is 14.9 Å². The summed E-state index contributed by atoms with van der Waals surface area (Å²) in [6.45, 7) is 3.98. The highest BCUT2D eigenvalue weighted by Crippen LogP contribution is 2.27. The fourth-order valence-electron chi connectivity index (χ4n) is 2.86. The minimum absolute atomic E-state index is 0.0393. The zero-order valence-electron chi connectivity index (χ0n) is 16.7. The molecule has 3 rings (SSSR count). The third-order valence-electron chi connectivity index (χ3n) is 4.76. The summed E-state index contributed by atoms with van der Waals surface area (Å²) in [5, 5.41) is 17.9. The van der Waals surface area contributed by atoms with Crippen LogP contribution >= 0.6 is 0 Å². The normalized spacial score (nSPS) is 13.1. The Hall–Kier alpha value is -3.81. The van der Waals surface area contributed by atoms with E-state index in [1.807, 2.05) is 44.2 Å². The molecule has 1 N–H and O–H groups in total. The van der Waals surface area contributed by atoms with Crippen molar-refractivity contribution >= 4 is 17.7 Å². The molecule has 3 aromatic rings. The molecule has 1 aromatic heterocycles. The maximum atomic E-state index is 12.5. The average molecular weight is 406 g/mol. The minimum atomic E-state index is -0.483. The predicted molar refractivity (Wildman–Crippen MR) is 112 cm³/mol. The number of hydrogen-bond acceptors (Lipinski definition) is 6. The van der Waals surface area contributed by atoms with Gasteiger partial charge in [0, 0.05) is 23.8 Å². The van der Waals surface area contributed by atoms with Crippen molar-refractivity contribution in [3.8, 4) is 11.4 Å². The number of nitrogens with one attached hydrogen (secondary N) is 1. The van der Waals surface area contributed by atoms with Gasteiger partial charge in [-0.2, -0.15) is 4.98 Å². The van der Waals surface area contributed by atoms with Crippen molar-refractivity contribution in [1.29, 1.82) is 0 Å². The van der Waals surface area contributed by atoms with Gasteiger partial charge >= 0.3 is 0 Å². The molecule has 2 unspecified atom stereocenters. The van der Waals surface area contributed by atoms with Gasteiger partial charge in [0.1, 0.15) is 6.04 Å². The van der Waals surface area contributed by atoms with Gasteiger partial charge in [0.2, 0.25) is 17.6 Å². The lowest BCUT2D eigenvalue weighted by atomic mass is 9.99. The van der Waals surface area contributed by atoms with Crippen LogP contribution in [0.25, 0.3) is 17.5 Å². The molecular formula is C22H22N4O4. The first-order chi connectivity index (χ1) is 14.5. The SMILES string of the molecule is CCC(C)C(NC(=O)C=Cc1ccccc1)c1nc(-c2cccc([N+](=O)[O-])c2)no1. The van der Waals surface area contributed by atoms with Crippen LogP contribution in [0.15, 0.2) is 65.2 Å². The van der Waals surface area contributed by atoms with Crippen molar-refractivity contribution in [2.75, 3.05) is 0 Å². The molecule has 2 atom stereocenters. The van der Waals surface area contributed by atoms with Crippen molar-refractivity contribution < 1.29 is 14.2 Å². The summed E-state index contributed by atoms with van der Waals surface area (Å²) in [6, 6.07) is 15.0. The summed E-state index contributed by atoms with van der Waals surface area (Å²) in [5.41, 5.74) is 1.33. The Labute approximate surface area is 173 Å². The molecule has 8 heteroatoms. The van der Waals surface area contributed by atoms with Gasteiger partial charge in [-0.25, -0.2) is 0 Å². The van der Waals surface area contributed by atoms with Crippen LogP contribution < -0.4 is 5.32 Å². The third kappa shape index (κ3) is 5.16. The van der Waals surface area contributed by atoms with Crippen molar-refractivity contribution in [3.05, 3.63) is 82.2 Å². The molecular weight excluding hydrogens is 384 g/mol. The number of nitro benzene ring substituents is 1. The monoisotopic (exact) mass is 406 g/mol. The highest BCUT2D eigenvalue weighted by molar-refractivity contribution is 5.91. The zero-order chi connectivity index (χ0) is 21.5. The van der Waals surface area contributed by atoms with Crippen LogP contribution in [0.4, 0.5) is 5.69 Å². The molecule has 0 aliphatic heterocycles. The number of nitrogens with zero attached hydrogens (tertiary/aromatic N) is 3. The lowest BCUT2D eigenvalue weighted by Gasteiger charge is -2.19. The Morgan fingerprint density at radius 1 is 1.23 bits per heavy atom. The number of amides is 1. The van der Waals surface area contributed by atoms with Crippen LogP contribution in [-0.4, -0.2) is 21.0 Å². The number of carbonyl (C=O) groups is 1. The second-order valence-electron chi connectivity index (χ2n) is 6.88. The summed E-state index contributed by atoms with van der Waals surface area (Å²) in [6.07, 6.45) is 3.97. The van der Waals surface area contributed by atoms with E-state index in [4.69, 9.17) is 4.52 Å². The lowest BCUT2D eigenvalue weighted by Crippen LogP contribution is -2.31. The van der Waals surface area contributed by atoms with Crippen LogP contribution in [-0.2, 0) is 4.79 Å². The predicted octanol–water partition coefficient (Wildman–Crippen LogP) is 4.56. The minimum Gasteiger partial charge on any atom is -0.340 e. The van der Waals surface area contributed by atoms with Gasteiger partial charge in [-0.05, 0) is 17.6 Å². The Morgan fingerprint density at radius 3 is 2.70 bits per heavy atom. The van der Waals surface area contributed by atoms with Crippen molar-refractivity contribution in [2.45, 2.75) is 26.3 Å². The molecule has 30 heavy (non-hydrogen) atoms. The van der Waals surface area contributed by atoms with Crippen LogP contribution in [0, 0.1) is 16.0 Å². The second-order valence-corrected chi connectivity index (χ2v) is 6.88. The van der Waals surface area contributed by atoms with Crippen LogP contribution in [0.1, 0.15) is 37.8 Å². The first kappa shape index (κ1) is 20.9. The van der Waals surface area contributed by atoms with Crippen molar-refractivity contribution in [1.82, 2.24) is 15.5 Å². The number of carbonyl (C=O) groups excluding carboxylic acids is 1. The largest absolute Gasteiger partial charge is 0.340 e. The Balaban J connectivity index is 1.79. The van der Waals surface area contributed by atoms with E-state index in [1.54, 1.807) is 18.2 Å². The molecule has 8 nitrogen and oxygen atoms in total. The van der Waals surface area contributed by atoms with E-state index in [0.29, 0.717) is 5.56 Å². The molecule has 1 amide bonds. The van der Waals surface area contributed by atoms with E-state index in [0.717, 1.165) is 12.0 Å². The summed E-state index contributed by atoms with van der Waals surface area (Å²) in [7, 11) is 0. The van der Waals surface area contributed by atoms with Crippen molar-refractivity contribution in [3.63, 3.8) is 0 Å². The quantitative estimate of drug-likeness (QED) is 0.333. The van der Waals surface area contributed by atoms with Gasteiger partial charge in [-0.1, -0.05) is 67.9 Å². The van der Waals surface area contributed by atoms with Crippen LogP contribution in [0.2, 0.25) is 0 Å². The first-order valence-corrected chi connectivity index (χ1v) is 9.60. The van der Waals surface area contributed by atoms with Gasteiger partial charge in [0.25, 0.3) is 5.69 Å². The second kappa shape index (κ2) is 9.60. The number of aromatic nitrogens is 2. The average Bonchev–Trinajstić information content (AvgIpc) is 3.26. The molecule has 0 saturated carbocycles. The fraction of sp³-hybridized carbons (Fsp3) is 0.227. The number of hydrogen-bond donors (Lipinski definition) is 1. The van der Waals surface area contributed by atoms with E-state index < -0.39 is 11.0 Å². The molecule has 0 fully saturated rings. The molecule has 154 valence electrons. The molecule has 0 aliphatic carbocycles. The number of non-ortho nitro benzene ring substituents is 1. The van der Waals surface area contributed by atoms with Gasteiger partial charge < -0.3 is 9.84 Å². The van der Waals surface area contributed by atoms with Gasteiger partial charge in [-0.3, -0.25) is 14.9 Å². The lowest BCUT2D eigenvalue weighted by molar-refractivity contribution is -0.384. The summed E-state index contributed by atoms with van der Waals surface area (Å²) in [5.74, 6) is 0.250. The maximum Gasteiger partial charge on any atom is 0.270 e.